The van der Waals surface area contributed by atoms with Gasteiger partial charge in [-0.2, -0.15) is 0 Å². The highest BCUT2D eigenvalue weighted by Gasteiger charge is 2.45. The highest BCUT2D eigenvalue weighted by molar-refractivity contribution is 7.91. The van der Waals surface area contributed by atoms with Crippen LogP contribution in [0.1, 0.15) is 60.8 Å². The zero-order valence-corrected chi connectivity index (χ0v) is 24.9. The van der Waals surface area contributed by atoms with Crippen LogP contribution in [0.3, 0.4) is 0 Å². The fraction of sp³-hybridized carbons (Fsp3) is 0.441. The van der Waals surface area contributed by atoms with E-state index in [9.17, 15) is 18.3 Å². The number of nitrogens with one attached hydrogen (secondary N) is 1. The number of carbonyl (C=O) groups is 1. The van der Waals surface area contributed by atoms with Gasteiger partial charge in [-0.1, -0.05) is 30.3 Å². The summed E-state index contributed by atoms with van der Waals surface area (Å²) >= 11 is 0. The van der Waals surface area contributed by atoms with E-state index in [2.05, 4.69) is 59.9 Å². The SMILES string of the molecule is CCOC(=O)[C@H]1C[C@@H]1c1ccc(NCc2ccc3c(c2)-c2ccc(OCC4(O)CCS(=O)(=O)CC4)cc2CCC3)cc1. The van der Waals surface area contributed by atoms with E-state index in [1.54, 1.807) is 0 Å². The topological polar surface area (TPSA) is 102 Å². The highest BCUT2D eigenvalue weighted by Crippen LogP contribution is 2.48. The standard InChI is InChI=1S/C34H39NO6S/c1-2-40-33(36)32-20-31(32)25-8-10-27(11-9-25)35-21-23-6-7-24-4-3-5-26-19-28(12-13-29(26)30(24)18-23)41-22-34(37)14-16-42(38,39)17-15-34/h6-13,18-19,31-32,35,37H,2-5,14-17,20-22H2,1H3/t31-,32+/m1/s1. The maximum Gasteiger partial charge on any atom is 0.309 e. The van der Waals surface area contributed by atoms with Crippen molar-refractivity contribution in [3.05, 3.63) is 82.9 Å². The molecule has 6 rings (SSSR count). The van der Waals surface area contributed by atoms with Crippen LogP contribution in [0.5, 0.6) is 5.75 Å². The molecule has 0 amide bonds. The van der Waals surface area contributed by atoms with Gasteiger partial charge in [0.2, 0.25) is 0 Å². The Kier molecular flexibility index (Phi) is 8.03. The lowest BCUT2D eigenvalue weighted by Gasteiger charge is -2.31. The second-order valence-electron chi connectivity index (χ2n) is 12.0. The second-order valence-corrected chi connectivity index (χ2v) is 14.3. The number of benzene rings is 3. The van der Waals surface area contributed by atoms with Gasteiger partial charge in [0.05, 0.1) is 24.0 Å². The number of anilines is 1. The fourth-order valence-corrected chi connectivity index (χ4v) is 7.79. The van der Waals surface area contributed by atoms with Crippen molar-refractivity contribution in [2.24, 2.45) is 5.92 Å². The molecule has 0 aromatic heterocycles. The van der Waals surface area contributed by atoms with Gasteiger partial charge in [0.15, 0.2) is 9.84 Å². The number of ether oxygens (including phenoxy) is 2. The van der Waals surface area contributed by atoms with Gasteiger partial charge in [0.1, 0.15) is 18.0 Å². The Balaban J connectivity index is 1.10. The van der Waals surface area contributed by atoms with E-state index in [1.165, 1.54) is 33.4 Å². The number of aryl methyl sites for hydroxylation is 2. The predicted octanol–water partition coefficient (Wildman–Crippen LogP) is 5.44. The molecule has 0 bridgehead atoms. The maximum atomic E-state index is 12.0. The number of esters is 1. The molecule has 3 aromatic rings. The van der Waals surface area contributed by atoms with Gasteiger partial charge in [-0.05, 0) is 115 Å². The van der Waals surface area contributed by atoms with Crippen molar-refractivity contribution < 1.29 is 27.8 Å². The Morgan fingerprint density at radius 2 is 1.74 bits per heavy atom. The molecule has 7 nitrogen and oxygen atoms in total. The van der Waals surface area contributed by atoms with E-state index in [-0.39, 0.29) is 48.8 Å². The van der Waals surface area contributed by atoms with Gasteiger partial charge in [-0.3, -0.25) is 4.79 Å². The summed E-state index contributed by atoms with van der Waals surface area (Å²) in [7, 11) is -3.05. The fourth-order valence-electron chi connectivity index (χ4n) is 6.21. The summed E-state index contributed by atoms with van der Waals surface area (Å²) in [4.78, 5) is 12.0. The third-order valence-electron chi connectivity index (χ3n) is 8.91. The molecule has 2 aliphatic carbocycles. The van der Waals surface area contributed by atoms with Gasteiger partial charge >= 0.3 is 5.97 Å². The van der Waals surface area contributed by atoms with Crippen LogP contribution >= 0.6 is 0 Å². The van der Waals surface area contributed by atoms with Crippen LogP contribution in [0.25, 0.3) is 11.1 Å². The van der Waals surface area contributed by atoms with E-state index in [1.807, 2.05) is 13.0 Å². The molecule has 2 N–H and O–H groups in total. The molecule has 3 aliphatic rings. The van der Waals surface area contributed by atoms with Gasteiger partial charge in [0, 0.05) is 12.2 Å². The Labute approximate surface area is 248 Å². The number of sulfone groups is 1. The first-order valence-corrected chi connectivity index (χ1v) is 16.9. The van der Waals surface area contributed by atoms with Crippen LogP contribution in [0.4, 0.5) is 5.69 Å². The van der Waals surface area contributed by atoms with Crippen molar-refractivity contribution >= 4 is 21.5 Å². The van der Waals surface area contributed by atoms with Crippen molar-refractivity contribution in [3.8, 4) is 16.9 Å². The zero-order valence-electron chi connectivity index (χ0n) is 24.1. The van der Waals surface area contributed by atoms with Crippen molar-refractivity contribution in [1.82, 2.24) is 0 Å². The second kappa shape index (κ2) is 11.7. The number of hydrogen-bond donors (Lipinski definition) is 2. The Bertz CT molecular complexity index is 1550. The minimum atomic E-state index is -3.05. The summed E-state index contributed by atoms with van der Waals surface area (Å²) in [6.45, 7) is 3.07. The summed E-state index contributed by atoms with van der Waals surface area (Å²) in [6.07, 6.45) is 4.30. The first-order chi connectivity index (χ1) is 20.2. The predicted molar refractivity (Wildman–Crippen MR) is 163 cm³/mol. The summed E-state index contributed by atoms with van der Waals surface area (Å²) in [5.74, 6) is 0.904. The Hall–Kier alpha value is -3.36. The number of fused-ring (bicyclic) bond motifs is 3. The van der Waals surface area contributed by atoms with Gasteiger partial charge < -0.3 is 19.9 Å². The summed E-state index contributed by atoms with van der Waals surface area (Å²) in [6, 6.07) is 21.2. The molecule has 3 aromatic carbocycles. The molecule has 0 radical (unpaired) electrons. The first-order valence-electron chi connectivity index (χ1n) is 15.0. The lowest BCUT2D eigenvalue weighted by molar-refractivity contribution is -0.144. The van der Waals surface area contributed by atoms with Crippen molar-refractivity contribution in [2.45, 2.75) is 63.5 Å². The van der Waals surface area contributed by atoms with E-state index < -0.39 is 15.4 Å². The van der Waals surface area contributed by atoms with Gasteiger partial charge in [0.25, 0.3) is 0 Å². The van der Waals surface area contributed by atoms with E-state index in [4.69, 9.17) is 9.47 Å². The van der Waals surface area contributed by atoms with Crippen LogP contribution in [-0.2, 0) is 38.8 Å². The number of aliphatic hydroxyl groups is 1. The van der Waals surface area contributed by atoms with Crippen LogP contribution in [0, 0.1) is 5.92 Å². The molecule has 1 heterocycles. The maximum absolute atomic E-state index is 12.0. The lowest BCUT2D eigenvalue weighted by atomic mass is 9.94. The molecule has 222 valence electrons. The third-order valence-corrected chi connectivity index (χ3v) is 10.6. The molecule has 1 aliphatic heterocycles. The summed E-state index contributed by atoms with van der Waals surface area (Å²) in [5, 5.41) is 14.4. The van der Waals surface area contributed by atoms with E-state index in [0.717, 1.165) is 31.4 Å². The average Bonchev–Trinajstić information content (AvgIpc) is 3.81. The quantitative estimate of drug-likeness (QED) is 0.321. The molecular weight excluding hydrogens is 550 g/mol. The average molecular weight is 590 g/mol. The van der Waals surface area contributed by atoms with E-state index >= 15 is 0 Å². The molecular formula is C34H39NO6S. The molecule has 42 heavy (non-hydrogen) atoms. The molecule has 2 atom stereocenters. The molecule has 0 unspecified atom stereocenters. The van der Waals surface area contributed by atoms with Crippen LogP contribution in [0.15, 0.2) is 60.7 Å². The Morgan fingerprint density at radius 3 is 2.50 bits per heavy atom. The number of rotatable bonds is 9. The monoisotopic (exact) mass is 589 g/mol. The third kappa shape index (κ3) is 6.50. The van der Waals surface area contributed by atoms with Crippen LogP contribution in [0.2, 0.25) is 0 Å². The first kappa shape index (κ1) is 28.7. The van der Waals surface area contributed by atoms with Gasteiger partial charge in [-0.15, -0.1) is 0 Å². The van der Waals surface area contributed by atoms with Crippen molar-refractivity contribution in [2.75, 3.05) is 30.0 Å². The minimum absolute atomic E-state index is 0.00167. The van der Waals surface area contributed by atoms with Gasteiger partial charge in [-0.25, -0.2) is 8.42 Å². The lowest BCUT2D eigenvalue weighted by Crippen LogP contribution is -2.43. The van der Waals surface area contributed by atoms with Crippen molar-refractivity contribution in [1.29, 1.82) is 0 Å². The molecule has 2 fully saturated rings. The molecule has 1 saturated carbocycles. The summed E-state index contributed by atoms with van der Waals surface area (Å²) < 4.78 is 34.7. The Morgan fingerprint density at radius 1 is 0.976 bits per heavy atom. The molecule has 1 saturated heterocycles. The zero-order chi connectivity index (χ0) is 29.3. The smallest absolute Gasteiger partial charge is 0.309 e. The number of hydrogen-bond acceptors (Lipinski definition) is 7. The van der Waals surface area contributed by atoms with Crippen molar-refractivity contribution in [3.63, 3.8) is 0 Å². The normalized spacial score (nSPS) is 21.8. The van der Waals surface area contributed by atoms with Crippen LogP contribution in [-0.4, -0.2) is 49.8 Å². The largest absolute Gasteiger partial charge is 0.491 e. The highest BCUT2D eigenvalue weighted by atomic mass is 32.2. The van der Waals surface area contributed by atoms with Crippen LogP contribution < -0.4 is 10.1 Å². The number of carbonyl (C=O) groups excluding carboxylic acids is 1. The molecule has 8 heteroatoms. The minimum Gasteiger partial charge on any atom is -0.491 e. The molecule has 0 spiro atoms. The summed E-state index contributed by atoms with van der Waals surface area (Å²) in [5.41, 5.74) is 7.36. The van der Waals surface area contributed by atoms with E-state index in [0.29, 0.717) is 18.9 Å².